The van der Waals surface area contributed by atoms with Gasteiger partial charge in [-0.05, 0) is 50.5 Å². The molecule has 0 aromatic carbocycles. The van der Waals surface area contributed by atoms with E-state index in [0.717, 1.165) is 24.3 Å². The Balaban J connectivity index is 1.68. The van der Waals surface area contributed by atoms with Crippen molar-refractivity contribution >= 4 is 34.2 Å². The van der Waals surface area contributed by atoms with E-state index >= 15 is 0 Å². The molecule has 2 N–H and O–H groups in total. The minimum atomic E-state index is 0.684. The van der Waals surface area contributed by atoms with Gasteiger partial charge in [0.2, 0.25) is 0 Å². The number of likely N-dealkylation sites (tertiary alicyclic amines) is 1. The number of thiocarbonyl (C=S) groups is 1. The van der Waals surface area contributed by atoms with Crippen LogP contribution >= 0.6 is 12.2 Å². The van der Waals surface area contributed by atoms with Gasteiger partial charge in [-0.2, -0.15) is 5.10 Å². The van der Waals surface area contributed by atoms with E-state index < -0.39 is 0 Å². The summed E-state index contributed by atoms with van der Waals surface area (Å²) in [5.74, 6) is 0.706. The molecule has 110 valence electrons. The molecule has 1 fully saturated rings. The van der Waals surface area contributed by atoms with Gasteiger partial charge >= 0.3 is 0 Å². The molecule has 0 atom stereocenters. The molecule has 2 aromatic rings. The van der Waals surface area contributed by atoms with Gasteiger partial charge in [-0.1, -0.05) is 0 Å². The van der Waals surface area contributed by atoms with Crippen molar-refractivity contribution in [2.75, 3.05) is 13.1 Å². The van der Waals surface area contributed by atoms with Crippen LogP contribution in [0, 0.1) is 0 Å². The van der Waals surface area contributed by atoms with Gasteiger partial charge in [0.1, 0.15) is 5.71 Å². The van der Waals surface area contributed by atoms with Gasteiger partial charge in [-0.15, -0.1) is 0 Å². The predicted molar refractivity (Wildman–Crippen MR) is 87.3 cm³/mol. The number of H-pyrrole nitrogens is 1. The van der Waals surface area contributed by atoms with Crippen LogP contribution in [-0.2, 0) is 0 Å². The Morgan fingerprint density at radius 3 is 2.95 bits per heavy atom. The fourth-order valence-electron chi connectivity index (χ4n) is 2.37. The SMILES string of the molecule is CC(=NNC(=S)N1CCCCC1)c1nc2ncccc2[nH]1. The molecular formula is C14H18N6S. The summed E-state index contributed by atoms with van der Waals surface area (Å²) in [4.78, 5) is 14.0. The molecule has 0 radical (unpaired) electrons. The summed E-state index contributed by atoms with van der Waals surface area (Å²) < 4.78 is 0. The standard InChI is InChI=1S/C14H18N6S/c1-10(12-16-11-6-5-7-15-13(11)17-12)18-19-14(21)20-8-3-2-4-9-20/h5-7H,2-4,8-9H2,1H3,(H,19,21)(H,15,16,17). The molecule has 0 amide bonds. The fraction of sp³-hybridized carbons (Fsp3) is 0.429. The first-order valence-corrected chi connectivity index (χ1v) is 7.55. The first-order chi connectivity index (χ1) is 10.2. The van der Waals surface area contributed by atoms with Crippen LogP contribution in [0.1, 0.15) is 32.0 Å². The number of piperidine rings is 1. The van der Waals surface area contributed by atoms with Crippen molar-refractivity contribution in [3.05, 3.63) is 24.2 Å². The number of hydrogen-bond acceptors (Lipinski definition) is 4. The van der Waals surface area contributed by atoms with Crippen LogP contribution in [0.4, 0.5) is 0 Å². The van der Waals surface area contributed by atoms with Crippen molar-refractivity contribution in [3.8, 4) is 0 Å². The number of imidazole rings is 1. The molecule has 1 aliphatic rings. The van der Waals surface area contributed by atoms with E-state index in [9.17, 15) is 0 Å². The second-order valence-corrected chi connectivity index (χ2v) is 5.51. The number of fused-ring (bicyclic) bond motifs is 1. The molecule has 0 spiro atoms. The summed E-state index contributed by atoms with van der Waals surface area (Å²) in [7, 11) is 0. The number of hydrazone groups is 1. The van der Waals surface area contributed by atoms with Crippen LogP contribution in [-0.4, -0.2) is 43.8 Å². The molecule has 3 heterocycles. The quantitative estimate of drug-likeness (QED) is 0.505. The molecular weight excluding hydrogens is 284 g/mol. The van der Waals surface area contributed by atoms with Crippen molar-refractivity contribution in [1.82, 2.24) is 25.3 Å². The van der Waals surface area contributed by atoms with Gasteiger partial charge in [0.15, 0.2) is 16.6 Å². The summed E-state index contributed by atoms with van der Waals surface area (Å²) in [6, 6.07) is 3.82. The van der Waals surface area contributed by atoms with E-state index in [1.165, 1.54) is 19.3 Å². The maximum absolute atomic E-state index is 5.37. The van der Waals surface area contributed by atoms with Crippen LogP contribution in [0.25, 0.3) is 11.2 Å². The topological polar surface area (TPSA) is 69.2 Å². The normalized spacial score (nSPS) is 16.2. The van der Waals surface area contributed by atoms with Crippen LogP contribution in [0.15, 0.2) is 23.4 Å². The van der Waals surface area contributed by atoms with Crippen molar-refractivity contribution in [3.63, 3.8) is 0 Å². The van der Waals surface area contributed by atoms with Gasteiger partial charge in [0, 0.05) is 19.3 Å². The van der Waals surface area contributed by atoms with Crippen LogP contribution < -0.4 is 5.43 Å². The summed E-state index contributed by atoms with van der Waals surface area (Å²) >= 11 is 5.37. The van der Waals surface area contributed by atoms with E-state index in [2.05, 4.69) is 30.4 Å². The molecule has 21 heavy (non-hydrogen) atoms. The van der Waals surface area contributed by atoms with Crippen LogP contribution in [0.2, 0.25) is 0 Å². The lowest BCUT2D eigenvalue weighted by atomic mass is 10.1. The third-order valence-electron chi connectivity index (χ3n) is 3.56. The average molecular weight is 302 g/mol. The van der Waals surface area contributed by atoms with Crippen molar-refractivity contribution in [2.45, 2.75) is 26.2 Å². The monoisotopic (exact) mass is 302 g/mol. The number of rotatable bonds is 2. The van der Waals surface area contributed by atoms with Crippen LogP contribution in [0.3, 0.4) is 0 Å². The Morgan fingerprint density at radius 1 is 1.38 bits per heavy atom. The highest BCUT2D eigenvalue weighted by molar-refractivity contribution is 7.80. The zero-order valence-corrected chi connectivity index (χ0v) is 12.8. The second-order valence-electron chi connectivity index (χ2n) is 5.12. The number of aromatic amines is 1. The lowest BCUT2D eigenvalue weighted by Crippen LogP contribution is -2.41. The van der Waals surface area contributed by atoms with Gasteiger partial charge < -0.3 is 9.88 Å². The Hall–Kier alpha value is -2.02. The van der Waals surface area contributed by atoms with Gasteiger partial charge in [0.25, 0.3) is 0 Å². The smallest absolute Gasteiger partial charge is 0.189 e. The maximum atomic E-state index is 5.37. The zero-order chi connectivity index (χ0) is 14.7. The number of aromatic nitrogens is 3. The molecule has 1 aliphatic heterocycles. The second kappa shape index (κ2) is 6.17. The molecule has 2 aromatic heterocycles. The highest BCUT2D eigenvalue weighted by Gasteiger charge is 2.13. The lowest BCUT2D eigenvalue weighted by molar-refractivity contribution is 0.338. The van der Waals surface area contributed by atoms with Crippen molar-refractivity contribution < 1.29 is 0 Å². The largest absolute Gasteiger partial charge is 0.348 e. The van der Waals surface area contributed by atoms with E-state index in [1.807, 2.05) is 19.1 Å². The number of nitrogens with zero attached hydrogens (tertiary/aromatic N) is 4. The Bertz CT molecular complexity index is 638. The van der Waals surface area contributed by atoms with E-state index in [0.29, 0.717) is 16.6 Å². The molecule has 3 rings (SSSR count). The van der Waals surface area contributed by atoms with Crippen molar-refractivity contribution in [1.29, 1.82) is 0 Å². The lowest BCUT2D eigenvalue weighted by Gasteiger charge is -2.28. The molecule has 0 bridgehead atoms. The minimum Gasteiger partial charge on any atom is -0.348 e. The zero-order valence-electron chi connectivity index (χ0n) is 12.0. The van der Waals surface area contributed by atoms with Gasteiger partial charge in [0.05, 0.1) is 5.52 Å². The van der Waals surface area contributed by atoms with Gasteiger partial charge in [-0.25, -0.2) is 9.97 Å². The van der Waals surface area contributed by atoms with E-state index in [-0.39, 0.29) is 0 Å². The molecule has 6 nitrogen and oxygen atoms in total. The molecule has 0 aliphatic carbocycles. The van der Waals surface area contributed by atoms with E-state index in [4.69, 9.17) is 12.2 Å². The molecule has 0 unspecified atom stereocenters. The summed E-state index contributed by atoms with van der Waals surface area (Å²) in [5, 5.41) is 5.01. The molecule has 7 heteroatoms. The van der Waals surface area contributed by atoms with Crippen LogP contribution in [0.5, 0.6) is 0 Å². The highest BCUT2D eigenvalue weighted by Crippen LogP contribution is 2.09. The first kappa shape index (κ1) is 13.9. The Morgan fingerprint density at radius 2 is 2.19 bits per heavy atom. The Kier molecular flexibility index (Phi) is 4.10. The van der Waals surface area contributed by atoms with Gasteiger partial charge in [-0.3, -0.25) is 5.43 Å². The fourth-order valence-corrected chi connectivity index (χ4v) is 2.60. The van der Waals surface area contributed by atoms with Crippen molar-refractivity contribution in [2.24, 2.45) is 5.10 Å². The summed E-state index contributed by atoms with van der Waals surface area (Å²) in [6.45, 7) is 3.91. The summed E-state index contributed by atoms with van der Waals surface area (Å²) in [5.41, 5.74) is 5.32. The summed E-state index contributed by atoms with van der Waals surface area (Å²) in [6.07, 6.45) is 5.40. The number of pyridine rings is 1. The highest BCUT2D eigenvalue weighted by atomic mass is 32.1. The minimum absolute atomic E-state index is 0.684. The van der Waals surface area contributed by atoms with E-state index in [1.54, 1.807) is 6.20 Å². The predicted octanol–water partition coefficient (Wildman–Crippen LogP) is 2.04. The third kappa shape index (κ3) is 3.18. The number of nitrogens with one attached hydrogen (secondary N) is 2. The third-order valence-corrected chi connectivity index (χ3v) is 3.91. The maximum Gasteiger partial charge on any atom is 0.189 e. The average Bonchev–Trinajstić information content (AvgIpc) is 2.97. The molecule has 1 saturated heterocycles. The Labute approximate surface area is 128 Å². The first-order valence-electron chi connectivity index (χ1n) is 7.14. The molecule has 0 saturated carbocycles. The number of hydrogen-bond donors (Lipinski definition) is 2.